The van der Waals surface area contributed by atoms with Gasteiger partial charge in [-0.15, -0.1) is 5.10 Å². The van der Waals surface area contributed by atoms with Crippen LogP contribution in [0.15, 0.2) is 59.5 Å². The Hall–Kier alpha value is -3.35. The van der Waals surface area contributed by atoms with Crippen molar-refractivity contribution >= 4 is 15.9 Å². The summed E-state index contributed by atoms with van der Waals surface area (Å²) in [6.45, 7) is -0.116. The minimum absolute atomic E-state index is 0.0364. The summed E-state index contributed by atoms with van der Waals surface area (Å²) >= 11 is 0. The molecule has 1 aromatic heterocycles. The molecule has 0 fully saturated rings. The van der Waals surface area contributed by atoms with E-state index in [-0.39, 0.29) is 23.7 Å². The van der Waals surface area contributed by atoms with Gasteiger partial charge in [0.15, 0.2) is 5.82 Å². The van der Waals surface area contributed by atoms with Gasteiger partial charge in [0, 0.05) is 13.0 Å². The number of carbonyl (C=O) groups excluding carboxylic acids is 1. The van der Waals surface area contributed by atoms with E-state index >= 15 is 0 Å². The molecule has 0 saturated heterocycles. The molecule has 0 radical (unpaired) electrons. The number of amides is 1. The van der Waals surface area contributed by atoms with Gasteiger partial charge in [0.1, 0.15) is 11.8 Å². The summed E-state index contributed by atoms with van der Waals surface area (Å²) in [5.41, 5.74) is 2.19. The fourth-order valence-electron chi connectivity index (χ4n) is 2.86. The Morgan fingerprint density at radius 3 is 2.47 bits per heavy atom. The topological polar surface area (TPSA) is 150 Å². The minimum Gasteiger partial charge on any atom is -0.497 e. The van der Waals surface area contributed by atoms with Gasteiger partial charge in [0.25, 0.3) is 5.91 Å². The van der Waals surface area contributed by atoms with Crippen molar-refractivity contribution < 1.29 is 23.2 Å². The molecule has 3 rings (SSSR count). The van der Waals surface area contributed by atoms with Crippen LogP contribution in [0.2, 0.25) is 0 Å². The Balaban J connectivity index is 2.05. The summed E-state index contributed by atoms with van der Waals surface area (Å²) in [5, 5.41) is 22.4. The van der Waals surface area contributed by atoms with Crippen molar-refractivity contribution in [3.8, 4) is 5.75 Å². The van der Waals surface area contributed by atoms with Crippen molar-refractivity contribution in [2.24, 2.45) is 0 Å². The highest BCUT2D eigenvalue weighted by atomic mass is 32.2. The zero-order valence-electron chi connectivity index (χ0n) is 16.0. The highest BCUT2D eigenvalue weighted by Gasteiger charge is 2.37. The van der Waals surface area contributed by atoms with Crippen molar-refractivity contribution in [3.05, 3.63) is 66.0 Å². The van der Waals surface area contributed by atoms with Gasteiger partial charge in [-0.3, -0.25) is 10.0 Å². The quantitative estimate of drug-likeness (QED) is 0.327. The first-order chi connectivity index (χ1) is 14.5. The number of ether oxygens (including phenoxy) is 1. The van der Waals surface area contributed by atoms with E-state index in [4.69, 9.17) is 4.74 Å². The maximum atomic E-state index is 13.5. The molecule has 1 heterocycles. The average molecular weight is 432 g/mol. The maximum absolute atomic E-state index is 13.5. The van der Waals surface area contributed by atoms with Crippen LogP contribution < -0.4 is 10.2 Å². The molecule has 1 amide bonds. The van der Waals surface area contributed by atoms with E-state index in [0.717, 1.165) is 4.31 Å². The Bertz CT molecular complexity index is 1060. The van der Waals surface area contributed by atoms with Crippen LogP contribution >= 0.6 is 0 Å². The number of hydrogen-bond acceptors (Lipinski definition) is 8. The zero-order chi connectivity index (χ0) is 21.6. The monoisotopic (exact) mass is 432 g/mol. The number of benzene rings is 2. The van der Waals surface area contributed by atoms with Crippen molar-refractivity contribution in [3.63, 3.8) is 0 Å². The van der Waals surface area contributed by atoms with Crippen molar-refractivity contribution in [1.82, 2.24) is 30.4 Å². The van der Waals surface area contributed by atoms with Gasteiger partial charge in [-0.05, 0) is 40.3 Å². The first-order valence-electron chi connectivity index (χ1n) is 8.82. The summed E-state index contributed by atoms with van der Waals surface area (Å²) in [6.07, 6.45) is -0.179. The number of nitrogens with zero attached hydrogens (tertiary/aromatic N) is 4. The van der Waals surface area contributed by atoms with E-state index in [1.54, 1.807) is 30.3 Å². The molecule has 0 aliphatic heterocycles. The first kappa shape index (κ1) is 21.4. The summed E-state index contributed by atoms with van der Waals surface area (Å²) in [6, 6.07) is 13.3. The number of nitrogens with one attached hydrogen (secondary N) is 2. The van der Waals surface area contributed by atoms with Crippen LogP contribution in [-0.4, -0.2) is 57.6 Å². The lowest BCUT2D eigenvalue weighted by molar-refractivity contribution is -0.133. The first-order valence-corrected chi connectivity index (χ1v) is 10.3. The normalized spacial score (nSPS) is 12.5. The molecule has 30 heavy (non-hydrogen) atoms. The Kier molecular flexibility index (Phi) is 6.72. The molecular weight excluding hydrogens is 412 g/mol. The largest absolute Gasteiger partial charge is 0.497 e. The van der Waals surface area contributed by atoms with Crippen LogP contribution in [-0.2, 0) is 27.8 Å². The van der Waals surface area contributed by atoms with Crippen molar-refractivity contribution in [1.29, 1.82) is 0 Å². The van der Waals surface area contributed by atoms with Gasteiger partial charge < -0.3 is 4.74 Å². The van der Waals surface area contributed by atoms with Crippen LogP contribution in [0.1, 0.15) is 11.4 Å². The van der Waals surface area contributed by atoms with E-state index in [2.05, 4.69) is 20.6 Å². The number of carbonyl (C=O) groups is 1. The molecule has 3 N–H and O–H groups in total. The molecule has 1 unspecified atom stereocenters. The second-order valence-corrected chi connectivity index (χ2v) is 8.15. The predicted octanol–water partition coefficient (Wildman–Crippen LogP) is 0.516. The molecule has 0 aliphatic carbocycles. The Labute approximate surface area is 172 Å². The van der Waals surface area contributed by atoms with Crippen molar-refractivity contribution in [2.45, 2.75) is 23.9 Å². The third kappa shape index (κ3) is 4.79. The number of methoxy groups -OCH3 is 1. The fraction of sp³-hybridized carbons (Fsp3) is 0.222. The highest BCUT2D eigenvalue weighted by molar-refractivity contribution is 7.89. The molecule has 0 bridgehead atoms. The minimum atomic E-state index is -4.16. The predicted molar refractivity (Wildman–Crippen MR) is 104 cm³/mol. The lowest BCUT2D eigenvalue weighted by Gasteiger charge is -2.29. The SMILES string of the molecule is COc1ccc(S(=O)(=O)N(Cc2ccccc2)C(Cc2nnn[nH]2)C(=O)NO)cc1. The van der Waals surface area contributed by atoms with Gasteiger partial charge in [-0.2, -0.15) is 4.31 Å². The summed E-state index contributed by atoms with van der Waals surface area (Å²) in [7, 11) is -2.69. The molecule has 0 spiro atoms. The molecule has 0 saturated carbocycles. The number of rotatable bonds is 9. The summed E-state index contributed by atoms with van der Waals surface area (Å²) in [4.78, 5) is 12.4. The Morgan fingerprint density at radius 2 is 1.90 bits per heavy atom. The van der Waals surface area contributed by atoms with Crippen molar-refractivity contribution in [2.75, 3.05) is 7.11 Å². The molecule has 1 atom stereocenters. The van der Waals surface area contributed by atoms with Gasteiger partial charge in [0.05, 0.1) is 12.0 Å². The fourth-order valence-corrected chi connectivity index (χ4v) is 4.43. The van der Waals surface area contributed by atoms with Crippen LogP contribution in [0, 0.1) is 0 Å². The summed E-state index contributed by atoms with van der Waals surface area (Å²) in [5.74, 6) is -0.244. The number of hydrogen-bond donors (Lipinski definition) is 3. The lowest BCUT2D eigenvalue weighted by Crippen LogP contribution is -2.49. The van der Waals surface area contributed by atoms with Crippen LogP contribution in [0.4, 0.5) is 0 Å². The van der Waals surface area contributed by atoms with E-state index in [1.807, 2.05) is 0 Å². The second kappa shape index (κ2) is 9.43. The third-order valence-electron chi connectivity index (χ3n) is 4.38. The lowest BCUT2D eigenvalue weighted by atomic mass is 10.1. The number of H-pyrrole nitrogens is 1. The van der Waals surface area contributed by atoms with Crippen LogP contribution in [0.25, 0.3) is 0 Å². The molecule has 12 heteroatoms. The number of hydroxylamine groups is 1. The number of aromatic nitrogens is 4. The van der Waals surface area contributed by atoms with Gasteiger partial charge >= 0.3 is 0 Å². The van der Waals surface area contributed by atoms with E-state index in [1.165, 1.54) is 36.9 Å². The molecule has 11 nitrogen and oxygen atoms in total. The van der Waals surface area contributed by atoms with Crippen LogP contribution in [0.3, 0.4) is 0 Å². The second-order valence-electron chi connectivity index (χ2n) is 6.26. The molecule has 158 valence electrons. The van der Waals surface area contributed by atoms with E-state index < -0.39 is 22.0 Å². The molecule has 3 aromatic rings. The molecular formula is C18H20N6O5S. The van der Waals surface area contributed by atoms with Crippen LogP contribution in [0.5, 0.6) is 5.75 Å². The summed E-state index contributed by atoms with van der Waals surface area (Å²) < 4.78 is 33.1. The van der Waals surface area contributed by atoms with E-state index in [0.29, 0.717) is 11.3 Å². The zero-order valence-corrected chi connectivity index (χ0v) is 16.8. The number of tetrazole rings is 1. The standard InChI is InChI=1S/C18H20N6O5S/c1-29-14-7-9-15(10-8-14)30(27,28)24(12-13-5-3-2-4-6-13)16(18(25)21-26)11-17-19-22-23-20-17/h2-10,16,26H,11-12H2,1H3,(H,21,25)(H,19,20,22,23). The average Bonchev–Trinajstić information content (AvgIpc) is 3.29. The number of aromatic amines is 1. The van der Waals surface area contributed by atoms with Gasteiger partial charge in [-0.25, -0.2) is 19.0 Å². The third-order valence-corrected chi connectivity index (χ3v) is 6.25. The highest BCUT2D eigenvalue weighted by Crippen LogP contribution is 2.24. The van der Waals surface area contributed by atoms with E-state index in [9.17, 15) is 18.4 Å². The van der Waals surface area contributed by atoms with Gasteiger partial charge in [-0.1, -0.05) is 30.3 Å². The smallest absolute Gasteiger partial charge is 0.262 e. The molecule has 2 aromatic carbocycles. The van der Waals surface area contributed by atoms with Gasteiger partial charge in [0.2, 0.25) is 10.0 Å². The Morgan fingerprint density at radius 1 is 1.20 bits per heavy atom. The number of sulfonamides is 1. The molecule has 0 aliphatic rings. The maximum Gasteiger partial charge on any atom is 0.262 e.